The number of hydrogen-bond acceptors (Lipinski definition) is 5. The van der Waals surface area contributed by atoms with Gasteiger partial charge in [-0.3, -0.25) is 4.79 Å². The van der Waals surface area contributed by atoms with Crippen molar-refractivity contribution in [2.24, 2.45) is 11.7 Å². The lowest BCUT2D eigenvalue weighted by Gasteiger charge is -2.29. The van der Waals surface area contributed by atoms with Crippen LogP contribution in [0.5, 0.6) is 0 Å². The largest absolute Gasteiger partial charge is 0.344 e. The van der Waals surface area contributed by atoms with E-state index in [9.17, 15) is 4.79 Å². The summed E-state index contributed by atoms with van der Waals surface area (Å²) >= 11 is 1.44. The Bertz CT molecular complexity index is 921. The summed E-state index contributed by atoms with van der Waals surface area (Å²) in [6.07, 6.45) is 5.93. The van der Waals surface area contributed by atoms with Gasteiger partial charge in [0.15, 0.2) is 0 Å². The summed E-state index contributed by atoms with van der Waals surface area (Å²) < 4.78 is 1.80. The van der Waals surface area contributed by atoms with Crippen molar-refractivity contribution in [3.8, 4) is 16.3 Å². The Kier molecular flexibility index (Phi) is 5.64. The topological polar surface area (TPSA) is 85.8 Å². The van der Waals surface area contributed by atoms with Crippen LogP contribution in [0.4, 0.5) is 0 Å². The average molecular weight is 404 g/mol. The van der Waals surface area contributed by atoms with Crippen molar-refractivity contribution in [1.82, 2.24) is 20.1 Å². The minimum atomic E-state index is -0.348. The molecule has 3 N–H and O–H groups in total. The number of amides is 1. The van der Waals surface area contributed by atoms with Gasteiger partial charge >= 0.3 is 0 Å². The van der Waals surface area contributed by atoms with E-state index in [1.165, 1.54) is 11.3 Å². The molecule has 0 radical (unpaired) electrons. The molecule has 1 aliphatic carbocycles. The van der Waals surface area contributed by atoms with Gasteiger partial charge in [0.25, 0.3) is 5.91 Å². The highest BCUT2D eigenvalue weighted by Gasteiger charge is 2.41. The Hall–Kier alpha value is -2.22. The first-order valence-electron chi connectivity index (χ1n) is 8.67. The Labute approximate surface area is 168 Å². The van der Waals surface area contributed by atoms with Gasteiger partial charge in [-0.25, -0.2) is 9.67 Å². The molecule has 2 heterocycles. The number of thiazole rings is 1. The van der Waals surface area contributed by atoms with E-state index in [4.69, 9.17) is 5.73 Å². The van der Waals surface area contributed by atoms with E-state index in [1.54, 1.807) is 16.3 Å². The molecule has 1 atom stereocenters. The minimum absolute atomic E-state index is 0. The molecule has 1 aromatic carbocycles. The van der Waals surface area contributed by atoms with Gasteiger partial charge in [-0.1, -0.05) is 18.2 Å². The number of aromatic nitrogens is 3. The highest BCUT2D eigenvalue weighted by molar-refractivity contribution is 7.13. The molecule has 0 spiro atoms. The number of nitrogens with zero attached hydrogens (tertiary/aromatic N) is 3. The molecule has 2 aromatic heterocycles. The molecule has 4 rings (SSSR count). The second-order valence-corrected chi connectivity index (χ2v) is 7.76. The van der Waals surface area contributed by atoms with Gasteiger partial charge in [-0.05, 0) is 37.8 Å². The molecule has 6 nitrogen and oxygen atoms in total. The minimum Gasteiger partial charge on any atom is -0.344 e. The number of benzene rings is 1. The molecule has 3 aromatic rings. The second-order valence-electron chi connectivity index (χ2n) is 6.90. The summed E-state index contributed by atoms with van der Waals surface area (Å²) in [5.41, 5.74) is 7.84. The quantitative estimate of drug-likeness (QED) is 0.661. The van der Waals surface area contributed by atoms with Gasteiger partial charge in [0.2, 0.25) is 0 Å². The zero-order valence-corrected chi connectivity index (χ0v) is 16.6. The van der Waals surface area contributed by atoms with E-state index in [1.807, 2.05) is 43.5 Å². The first-order chi connectivity index (χ1) is 12.6. The number of nitrogens with two attached hydrogens (primary N) is 1. The highest BCUT2D eigenvalue weighted by atomic mass is 35.5. The van der Waals surface area contributed by atoms with Gasteiger partial charge in [0, 0.05) is 23.7 Å². The van der Waals surface area contributed by atoms with Crippen LogP contribution < -0.4 is 11.1 Å². The molecule has 1 saturated carbocycles. The fourth-order valence-corrected chi connectivity index (χ4v) is 3.80. The summed E-state index contributed by atoms with van der Waals surface area (Å²) in [6, 6.07) is 9.89. The normalized spacial score (nSPS) is 15.6. The molecular weight excluding hydrogens is 382 g/mol. The summed E-state index contributed by atoms with van der Waals surface area (Å²) in [6.45, 7) is 2.45. The third kappa shape index (κ3) is 4.05. The van der Waals surface area contributed by atoms with Crippen LogP contribution in [0, 0.1) is 5.92 Å². The molecule has 0 aliphatic heterocycles. The Morgan fingerprint density at radius 2 is 2.11 bits per heavy atom. The van der Waals surface area contributed by atoms with E-state index < -0.39 is 0 Å². The molecule has 0 saturated heterocycles. The van der Waals surface area contributed by atoms with E-state index in [0.29, 0.717) is 18.2 Å². The Morgan fingerprint density at radius 3 is 2.78 bits per heavy atom. The first-order valence-corrected chi connectivity index (χ1v) is 9.55. The van der Waals surface area contributed by atoms with Gasteiger partial charge in [0.1, 0.15) is 10.7 Å². The maximum absolute atomic E-state index is 12.6. The van der Waals surface area contributed by atoms with Crippen LogP contribution in [-0.4, -0.2) is 32.8 Å². The summed E-state index contributed by atoms with van der Waals surface area (Å²) in [5.74, 6) is 0.307. The summed E-state index contributed by atoms with van der Waals surface area (Å²) in [4.78, 5) is 17.1. The summed E-state index contributed by atoms with van der Waals surface area (Å²) in [5, 5.41) is 10.0. The Balaban J connectivity index is 0.00000210. The molecule has 1 aliphatic rings. The molecular formula is C19H22ClN5OS. The van der Waals surface area contributed by atoms with Crippen LogP contribution in [0.25, 0.3) is 16.3 Å². The van der Waals surface area contributed by atoms with E-state index in [0.717, 1.165) is 29.1 Å². The number of carbonyl (C=O) groups is 1. The first kappa shape index (κ1) is 19.5. The van der Waals surface area contributed by atoms with Crippen LogP contribution in [0.1, 0.15) is 30.3 Å². The molecule has 27 heavy (non-hydrogen) atoms. The van der Waals surface area contributed by atoms with Crippen molar-refractivity contribution in [1.29, 1.82) is 0 Å². The molecule has 8 heteroatoms. The van der Waals surface area contributed by atoms with E-state index in [-0.39, 0.29) is 23.9 Å². The molecule has 0 bridgehead atoms. The third-order valence-electron chi connectivity index (χ3n) is 4.89. The summed E-state index contributed by atoms with van der Waals surface area (Å²) in [7, 11) is 0. The number of para-hydroxylation sites is 1. The second kappa shape index (κ2) is 7.80. The third-order valence-corrected chi connectivity index (χ3v) is 5.78. The van der Waals surface area contributed by atoms with Crippen LogP contribution >= 0.6 is 23.7 Å². The van der Waals surface area contributed by atoms with Crippen LogP contribution in [-0.2, 0) is 0 Å². The zero-order chi connectivity index (χ0) is 18.1. The average Bonchev–Trinajstić information content (AvgIpc) is 3.21. The van der Waals surface area contributed by atoms with Crippen molar-refractivity contribution in [3.63, 3.8) is 0 Å². The van der Waals surface area contributed by atoms with Crippen LogP contribution in [0.3, 0.4) is 0 Å². The lowest BCUT2D eigenvalue weighted by Crippen LogP contribution is -2.53. The number of halogens is 1. The van der Waals surface area contributed by atoms with Crippen molar-refractivity contribution in [2.45, 2.75) is 25.3 Å². The van der Waals surface area contributed by atoms with Crippen LogP contribution in [0.15, 0.2) is 48.1 Å². The number of nitrogens with one attached hydrogen (secondary N) is 1. The Morgan fingerprint density at radius 1 is 1.37 bits per heavy atom. The van der Waals surface area contributed by atoms with Crippen molar-refractivity contribution < 1.29 is 4.79 Å². The van der Waals surface area contributed by atoms with Gasteiger partial charge < -0.3 is 11.1 Å². The van der Waals surface area contributed by atoms with Gasteiger partial charge in [-0.15, -0.1) is 23.7 Å². The fraction of sp³-hybridized carbons (Fsp3) is 0.316. The molecule has 1 fully saturated rings. The monoisotopic (exact) mass is 403 g/mol. The number of hydrogen-bond donors (Lipinski definition) is 2. The predicted molar refractivity (Wildman–Crippen MR) is 110 cm³/mol. The SMILES string of the molecule is CC(CN)(NC(=O)c1csc(-c2cnn(-c3ccccc3)c2)n1)C1CC1.Cl. The number of carbonyl (C=O) groups excluding carboxylic acids is 1. The lowest BCUT2D eigenvalue weighted by atomic mass is 9.96. The zero-order valence-electron chi connectivity index (χ0n) is 15.0. The molecule has 1 amide bonds. The number of rotatable bonds is 6. The van der Waals surface area contributed by atoms with Crippen molar-refractivity contribution >= 4 is 29.7 Å². The molecule has 142 valence electrons. The van der Waals surface area contributed by atoms with Gasteiger partial charge in [0.05, 0.1) is 17.4 Å². The predicted octanol–water partition coefficient (Wildman–Crippen LogP) is 3.27. The fourth-order valence-electron chi connectivity index (χ4n) is 3.03. The highest BCUT2D eigenvalue weighted by Crippen LogP contribution is 2.39. The van der Waals surface area contributed by atoms with Crippen molar-refractivity contribution in [2.75, 3.05) is 6.54 Å². The van der Waals surface area contributed by atoms with Gasteiger partial charge in [-0.2, -0.15) is 5.10 Å². The standard InChI is InChI=1S/C19H21N5OS.ClH/c1-19(12-20,14-7-8-14)23-17(25)16-11-26-18(22-16)13-9-21-24(10-13)15-5-3-2-4-6-15;/h2-6,9-11,14H,7-8,12,20H2,1H3,(H,23,25);1H. The van der Waals surface area contributed by atoms with Crippen LogP contribution in [0.2, 0.25) is 0 Å². The smallest absolute Gasteiger partial charge is 0.271 e. The van der Waals surface area contributed by atoms with E-state index in [2.05, 4.69) is 15.4 Å². The molecule has 1 unspecified atom stereocenters. The van der Waals surface area contributed by atoms with Crippen molar-refractivity contribution in [3.05, 3.63) is 53.8 Å². The maximum atomic E-state index is 12.6. The lowest BCUT2D eigenvalue weighted by molar-refractivity contribution is 0.0893. The maximum Gasteiger partial charge on any atom is 0.271 e. The van der Waals surface area contributed by atoms with E-state index >= 15 is 0 Å².